The third kappa shape index (κ3) is 8.25. The lowest BCUT2D eigenvalue weighted by Gasteiger charge is -2.34. The van der Waals surface area contributed by atoms with Gasteiger partial charge in [-0.2, -0.15) is 0 Å². The fourth-order valence-electron chi connectivity index (χ4n) is 3.68. The minimum atomic E-state index is -0.180. The van der Waals surface area contributed by atoms with Gasteiger partial charge in [-0.15, -0.1) is 24.0 Å². The number of piperidine rings is 1. The van der Waals surface area contributed by atoms with Crippen LogP contribution in [0.1, 0.15) is 32.6 Å². The zero-order chi connectivity index (χ0) is 19.6. The van der Waals surface area contributed by atoms with Crippen LogP contribution in [0.25, 0.3) is 0 Å². The number of hydrogen-bond donors (Lipinski definition) is 2. The van der Waals surface area contributed by atoms with Crippen LogP contribution in [-0.4, -0.2) is 64.1 Å². The smallest absolute Gasteiger partial charge is 0.191 e. The van der Waals surface area contributed by atoms with Crippen LogP contribution in [-0.2, 0) is 9.47 Å². The predicted octanol–water partition coefficient (Wildman–Crippen LogP) is 3.16. The van der Waals surface area contributed by atoms with Crippen LogP contribution in [0.5, 0.6) is 0 Å². The molecule has 2 N–H and O–H groups in total. The van der Waals surface area contributed by atoms with Crippen molar-refractivity contribution in [3.63, 3.8) is 0 Å². The molecule has 0 aliphatic carbocycles. The molecule has 0 bridgehead atoms. The van der Waals surface area contributed by atoms with Crippen LogP contribution < -0.4 is 15.5 Å². The third-order valence-electron chi connectivity index (χ3n) is 5.19. The van der Waals surface area contributed by atoms with E-state index in [9.17, 15) is 4.39 Å². The van der Waals surface area contributed by atoms with Crippen molar-refractivity contribution in [3.05, 3.63) is 30.1 Å². The van der Waals surface area contributed by atoms with Gasteiger partial charge in [0.05, 0.1) is 25.9 Å². The van der Waals surface area contributed by atoms with Gasteiger partial charge >= 0.3 is 0 Å². The first-order chi connectivity index (χ1) is 13.7. The van der Waals surface area contributed by atoms with Crippen molar-refractivity contribution in [3.8, 4) is 0 Å². The molecule has 0 spiro atoms. The Hall–Kier alpha value is -1.13. The highest BCUT2D eigenvalue weighted by molar-refractivity contribution is 14.0. The van der Waals surface area contributed by atoms with E-state index in [0.717, 1.165) is 63.6 Å². The van der Waals surface area contributed by atoms with E-state index >= 15 is 0 Å². The number of hydrogen-bond acceptors (Lipinski definition) is 4. The fraction of sp³-hybridized carbons (Fsp3) is 0.667. The van der Waals surface area contributed by atoms with E-state index in [2.05, 4.69) is 27.4 Å². The maximum atomic E-state index is 13.4. The molecule has 1 aromatic carbocycles. The van der Waals surface area contributed by atoms with E-state index in [4.69, 9.17) is 9.47 Å². The van der Waals surface area contributed by atoms with E-state index < -0.39 is 0 Å². The summed E-state index contributed by atoms with van der Waals surface area (Å²) in [6.45, 7) is 7.47. The average Bonchev–Trinajstić information content (AvgIpc) is 3.22. The number of benzene rings is 1. The number of aliphatic imine (C=N–C) groups is 1. The van der Waals surface area contributed by atoms with Crippen LogP contribution in [0.2, 0.25) is 0 Å². The number of rotatable bonds is 8. The Labute approximate surface area is 190 Å². The van der Waals surface area contributed by atoms with Crippen LogP contribution in [0.3, 0.4) is 0 Å². The second-order valence-electron chi connectivity index (χ2n) is 7.36. The lowest BCUT2D eigenvalue weighted by Crippen LogP contribution is -2.48. The van der Waals surface area contributed by atoms with Gasteiger partial charge in [-0.1, -0.05) is 6.07 Å². The van der Waals surface area contributed by atoms with Crippen molar-refractivity contribution in [2.75, 3.05) is 50.9 Å². The van der Waals surface area contributed by atoms with E-state index in [1.807, 2.05) is 6.07 Å². The standard InChI is InChI=1S/C21H33FN4O2.HI/c1-2-23-21(24-10-14-27-16-20-7-4-13-28-20)25-18-8-11-26(12-9-18)19-6-3-5-17(22)15-19;/h3,5-6,15,18,20H,2,4,7-14,16H2,1H3,(H2,23,24,25);1H. The Morgan fingerprint density at radius 1 is 1.31 bits per heavy atom. The van der Waals surface area contributed by atoms with Crippen LogP contribution in [0.4, 0.5) is 10.1 Å². The molecule has 1 unspecified atom stereocenters. The number of nitrogens with zero attached hydrogens (tertiary/aromatic N) is 2. The minimum Gasteiger partial charge on any atom is -0.377 e. The Balaban J connectivity index is 0.00000300. The first kappa shape index (κ1) is 24.1. The number of anilines is 1. The highest BCUT2D eigenvalue weighted by Gasteiger charge is 2.20. The van der Waals surface area contributed by atoms with E-state index in [1.54, 1.807) is 12.1 Å². The van der Waals surface area contributed by atoms with Crippen molar-refractivity contribution >= 4 is 35.6 Å². The Bertz CT molecular complexity index is 620. The van der Waals surface area contributed by atoms with Crippen LogP contribution in [0, 0.1) is 5.82 Å². The second kappa shape index (κ2) is 13.2. The van der Waals surface area contributed by atoms with Gasteiger partial charge in [0, 0.05) is 38.0 Å². The summed E-state index contributed by atoms with van der Waals surface area (Å²) in [5, 5.41) is 6.84. The molecule has 0 saturated carbocycles. The molecule has 2 saturated heterocycles. The summed E-state index contributed by atoms with van der Waals surface area (Å²) in [6, 6.07) is 7.21. The third-order valence-corrected chi connectivity index (χ3v) is 5.19. The monoisotopic (exact) mass is 520 g/mol. The molecule has 0 radical (unpaired) electrons. The zero-order valence-corrected chi connectivity index (χ0v) is 19.6. The molecule has 2 aliphatic heterocycles. The number of ether oxygens (including phenoxy) is 2. The van der Waals surface area contributed by atoms with Gasteiger partial charge in [-0.3, -0.25) is 4.99 Å². The molecule has 1 aromatic rings. The lowest BCUT2D eigenvalue weighted by atomic mass is 10.0. The normalized spacial score (nSPS) is 20.4. The summed E-state index contributed by atoms with van der Waals surface area (Å²) in [4.78, 5) is 6.87. The van der Waals surface area contributed by atoms with Gasteiger partial charge < -0.3 is 25.0 Å². The van der Waals surface area contributed by atoms with Crippen molar-refractivity contribution in [1.82, 2.24) is 10.6 Å². The van der Waals surface area contributed by atoms with Gasteiger partial charge in [0.1, 0.15) is 5.82 Å². The highest BCUT2D eigenvalue weighted by atomic mass is 127. The minimum absolute atomic E-state index is 0. The second-order valence-corrected chi connectivity index (χ2v) is 7.36. The molecule has 2 heterocycles. The topological polar surface area (TPSA) is 58.1 Å². The molecule has 29 heavy (non-hydrogen) atoms. The maximum Gasteiger partial charge on any atom is 0.191 e. The summed E-state index contributed by atoms with van der Waals surface area (Å²) in [5.41, 5.74) is 0.961. The van der Waals surface area contributed by atoms with Gasteiger partial charge in [0.2, 0.25) is 0 Å². The van der Waals surface area contributed by atoms with Crippen molar-refractivity contribution in [2.45, 2.75) is 44.8 Å². The van der Waals surface area contributed by atoms with Crippen molar-refractivity contribution in [1.29, 1.82) is 0 Å². The zero-order valence-electron chi connectivity index (χ0n) is 17.2. The van der Waals surface area contributed by atoms with Crippen molar-refractivity contribution in [2.24, 2.45) is 4.99 Å². The summed E-state index contributed by atoms with van der Waals surface area (Å²) < 4.78 is 24.7. The van der Waals surface area contributed by atoms with Gasteiger partial charge in [-0.25, -0.2) is 4.39 Å². The first-order valence-corrected chi connectivity index (χ1v) is 10.5. The van der Waals surface area contributed by atoms with Crippen LogP contribution >= 0.6 is 24.0 Å². The number of halogens is 2. The molecule has 164 valence electrons. The summed E-state index contributed by atoms with van der Waals surface area (Å²) in [5.74, 6) is 0.661. The average molecular weight is 520 g/mol. The maximum absolute atomic E-state index is 13.4. The SMILES string of the molecule is CCNC(=NCCOCC1CCCO1)NC1CCN(c2cccc(F)c2)CC1.I. The Morgan fingerprint density at radius 2 is 2.14 bits per heavy atom. The summed E-state index contributed by atoms with van der Waals surface area (Å²) >= 11 is 0. The lowest BCUT2D eigenvalue weighted by molar-refractivity contribution is 0.0200. The largest absolute Gasteiger partial charge is 0.377 e. The van der Waals surface area contributed by atoms with E-state index in [0.29, 0.717) is 25.8 Å². The van der Waals surface area contributed by atoms with E-state index in [-0.39, 0.29) is 35.9 Å². The predicted molar refractivity (Wildman–Crippen MR) is 126 cm³/mol. The van der Waals surface area contributed by atoms with Gasteiger partial charge in [0.25, 0.3) is 0 Å². The molecular formula is C21H34FIN4O2. The molecule has 6 nitrogen and oxygen atoms in total. The number of guanidine groups is 1. The molecule has 0 aromatic heterocycles. The Morgan fingerprint density at radius 3 is 2.83 bits per heavy atom. The van der Waals surface area contributed by atoms with E-state index in [1.165, 1.54) is 6.07 Å². The Kier molecular flexibility index (Phi) is 11.0. The molecular weight excluding hydrogens is 486 g/mol. The molecule has 3 rings (SSSR count). The molecule has 1 atom stereocenters. The fourth-order valence-corrected chi connectivity index (χ4v) is 3.68. The quantitative estimate of drug-likeness (QED) is 0.239. The van der Waals surface area contributed by atoms with Gasteiger partial charge in [0.15, 0.2) is 5.96 Å². The highest BCUT2D eigenvalue weighted by Crippen LogP contribution is 2.20. The molecule has 2 aliphatic rings. The van der Waals surface area contributed by atoms with Gasteiger partial charge in [-0.05, 0) is 50.8 Å². The number of nitrogens with one attached hydrogen (secondary N) is 2. The summed E-state index contributed by atoms with van der Waals surface area (Å²) in [7, 11) is 0. The summed E-state index contributed by atoms with van der Waals surface area (Å²) in [6.07, 6.45) is 4.49. The molecule has 2 fully saturated rings. The first-order valence-electron chi connectivity index (χ1n) is 10.5. The molecule has 0 amide bonds. The van der Waals surface area contributed by atoms with Crippen LogP contribution in [0.15, 0.2) is 29.3 Å². The molecule has 8 heteroatoms. The van der Waals surface area contributed by atoms with Crippen molar-refractivity contribution < 1.29 is 13.9 Å².